The molecule has 120 valence electrons. The van der Waals surface area contributed by atoms with Gasteiger partial charge in [0.25, 0.3) is 5.91 Å². The first-order chi connectivity index (χ1) is 11.1. The van der Waals surface area contributed by atoms with Crippen molar-refractivity contribution in [3.05, 3.63) is 47.1 Å². The van der Waals surface area contributed by atoms with Crippen LogP contribution in [-0.2, 0) is 4.79 Å². The van der Waals surface area contributed by atoms with Gasteiger partial charge in [0.2, 0.25) is 0 Å². The molecule has 0 saturated carbocycles. The van der Waals surface area contributed by atoms with Gasteiger partial charge in [0.05, 0.1) is 4.88 Å². The van der Waals surface area contributed by atoms with Crippen LogP contribution in [0.4, 0.5) is 4.39 Å². The summed E-state index contributed by atoms with van der Waals surface area (Å²) in [5.41, 5.74) is 0.837. The van der Waals surface area contributed by atoms with Gasteiger partial charge in [0, 0.05) is 11.4 Å². The molecule has 0 bridgehead atoms. The maximum absolute atomic E-state index is 13.0. The Hall–Kier alpha value is -2.21. The third-order valence-electron chi connectivity index (χ3n) is 3.99. The zero-order chi connectivity index (χ0) is 16.4. The number of aliphatic carboxylic acids is 1. The van der Waals surface area contributed by atoms with Crippen LogP contribution in [0.25, 0.3) is 10.4 Å². The van der Waals surface area contributed by atoms with Gasteiger partial charge in [-0.05, 0) is 49.1 Å². The number of halogens is 1. The molecule has 3 rings (SSSR count). The van der Waals surface area contributed by atoms with E-state index in [2.05, 4.69) is 0 Å². The zero-order valence-corrected chi connectivity index (χ0v) is 13.2. The van der Waals surface area contributed by atoms with Gasteiger partial charge in [-0.2, -0.15) is 0 Å². The highest BCUT2D eigenvalue weighted by Crippen LogP contribution is 2.30. The number of benzene rings is 1. The van der Waals surface area contributed by atoms with Crippen molar-refractivity contribution in [3.63, 3.8) is 0 Å². The minimum atomic E-state index is -0.951. The summed E-state index contributed by atoms with van der Waals surface area (Å²) in [6, 6.07) is 8.85. The number of hydrogen-bond donors (Lipinski definition) is 1. The number of amides is 1. The number of hydrogen-bond acceptors (Lipinski definition) is 3. The number of carboxylic acid groups (broad SMARTS) is 1. The summed E-state index contributed by atoms with van der Waals surface area (Å²) in [5, 5.41) is 9.29. The third-order valence-corrected chi connectivity index (χ3v) is 5.12. The molecular weight excluding hydrogens is 317 g/mol. The van der Waals surface area contributed by atoms with Crippen LogP contribution >= 0.6 is 11.3 Å². The van der Waals surface area contributed by atoms with E-state index in [4.69, 9.17) is 0 Å². The number of nitrogens with zero attached hydrogens (tertiary/aromatic N) is 1. The molecule has 1 aromatic carbocycles. The molecule has 0 aliphatic carbocycles. The number of piperidine rings is 1. The van der Waals surface area contributed by atoms with Gasteiger partial charge < -0.3 is 10.0 Å². The quantitative estimate of drug-likeness (QED) is 0.933. The van der Waals surface area contributed by atoms with Crippen LogP contribution in [0.1, 0.15) is 28.9 Å². The van der Waals surface area contributed by atoms with E-state index in [1.165, 1.54) is 28.4 Å². The van der Waals surface area contributed by atoms with Gasteiger partial charge in [0.15, 0.2) is 0 Å². The summed E-state index contributed by atoms with van der Waals surface area (Å²) in [6.45, 7) is 0.472. The van der Waals surface area contributed by atoms with E-state index in [9.17, 15) is 19.1 Å². The maximum Gasteiger partial charge on any atom is 0.326 e. The molecule has 1 atom stereocenters. The van der Waals surface area contributed by atoms with E-state index in [1.54, 1.807) is 18.2 Å². The second-order valence-corrected chi connectivity index (χ2v) is 6.60. The van der Waals surface area contributed by atoms with Gasteiger partial charge in [-0.1, -0.05) is 12.1 Å². The van der Waals surface area contributed by atoms with Crippen LogP contribution in [0.2, 0.25) is 0 Å². The van der Waals surface area contributed by atoms with Crippen molar-refractivity contribution in [2.75, 3.05) is 6.54 Å². The number of thiophene rings is 1. The number of likely N-dealkylation sites (tertiary alicyclic amines) is 1. The van der Waals surface area contributed by atoms with Crippen molar-refractivity contribution >= 4 is 23.2 Å². The Bertz CT molecular complexity index is 726. The first-order valence-electron chi connectivity index (χ1n) is 7.46. The lowest BCUT2D eigenvalue weighted by Gasteiger charge is -2.32. The molecule has 6 heteroatoms. The van der Waals surface area contributed by atoms with Crippen LogP contribution in [0.5, 0.6) is 0 Å². The molecule has 1 unspecified atom stereocenters. The lowest BCUT2D eigenvalue weighted by molar-refractivity contribution is -0.143. The summed E-state index contributed by atoms with van der Waals surface area (Å²) in [5.74, 6) is -1.50. The monoisotopic (exact) mass is 333 g/mol. The molecule has 1 N–H and O–H groups in total. The lowest BCUT2D eigenvalue weighted by Crippen LogP contribution is -2.47. The molecule has 0 radical (unpaired) electrons. The van der Waals surface area contributed by atoms with Crippen molar-refractivity contribution < 1.29 is 19.1 Å². The minimum Gasteiger partial charge on any atom is -0.480 e. The first-order valence-corrected chi connectivity index (χ1v) is 8.27. The Kier molecular flexibility index (Phi) is 4.43. The second-order valence-electron chi connectivity index (χ2n) is 5.52. The van der Waals surface area contributed by atoms with Gasteiger partial charge >= 0.3 is 5.97 Å². The molecule has 23 heavy (non-hydrogen) atoms. The molecule has 1 saturated heterocycles. The van der Waals surface area contributed by atoms with E-state index in [-0.39, 0.29) is 11.7 Å². The van der Waals surface area contributed by atoms with E-state index < -0.39 is 12.0 Å². The molecule has 0 spiro atoms. The summed E-state index contributed by atoms with van der Waals surface area (Å²) in [6.07, 6.45) is 2.15. The van der Waals surface area contributed by atoms with E-state index in [1.807, 2.05) is 6.07 Å². The normalized spacial score (nSPS) is 18.0. The summed E-state index contributed by atoms with van der Waals surface area (Å²) < 4.78 is 13.0. The van der Waals surface area contributed by atoms with E-state index in [0.717, 1.165) is 23.3 Å². The van der Waals surface area contributed by atoms with Gasteiger partial charge in [-0.3, -0.25) is 4.79 Å². The maximum atomic E-state index is 13.0. The van der Waals surface area contributed by atoms with Gasteiger partial charge in [-0.25, -0.2) is 9.18 Å². The molecule has 2 aromatic rings. The van der Waals surface area contributed by atoms with E-state index >= 15 is 0 Å². The van der Waals surface area contributed by atoms with Crippen LogP contribution in [0.15, 0.2) is 36.4 Å². The average Bonchev–Trinajstić information content (AvgIpc) is 3.04. The third kappa shape index (κ3) is 3.27. The molecule has 4 nitrogen and oxygen atoms in total. The topological polar surface area (TPSA) is 57.6 Å². The van der Waals surface area contributed by atoms with Gasteiger partial charge in [-0.15, -0.1) is 11.3 Å². The fraction of sp³-hybridized carbons (Fsp3) is 0.294. The smallest absolute Gasteiger partial charge is 0.326 e. The second kappa shape index (κ2) is 6.50. The van der Waals surface area contributed by atoms with Crippen molar-refractivity contribution in [1.82, 2.24) is 4.90 Å². The lowest BCUT2D eigenvalue weighted by atomic mass is 10.0. The molecule has 1 amide bonds. The SMILES string of the molecule is O=C(O)C1CCCCN1C(=O)c1ccc(-c2ccc(F)cc2)s1. The molecular formula is C17H16FNO3S. The Morgan fingerprint density at radius 3 is 2.57 bits per heavy atom. The van der Waals surface area contributed by atoms with Gasteiger partial charge in [0.1, 0.15) is 11.9 Å². The Balaban J connectivity index is 1.83. The molecule has 1 fully saturated rings. The minimum absolute atomic E-state index is 0.240. The Morgan fingerprint density at radius 2 is 1.87 bits per heavy atom. The molecule has 1 aromatic heterocycles. The molecule has 1 aliphatic rings. The predicted octanol–water partition coefficient (Wildman–Crippen LogP) is 3.63. The fourth-order valence-corrected chi connectivity index (χ4v) is 3.76. The fourth-order valence-electron chi connectivity index (χ4n) is 2.80. The average molecular weight is 333 g/mol. The summed E-state index contributed by atoms with van der Waals surface area (Å²) in [7, 11) is 0. The Morgan fingerprint density at radius 1 is 1.13 bits per heavy atom. The summed E-state index contributed by atoms with van der Waals surface area (Å²) in [4.78, 5) is 26.8. The summed E-state index contributed by atoms with van der Waals surface area (Å²) >= 11 is 1.30. The largest absolute Gasteiger partial charge is 0.480 e. The molecule has 2 heterocycles. The highest BCUT2D eigenvalue weighted by atomic mass is 32.1. The van der Waals surface area contributed by atoms with Crippen LogP contribution in [0.3, 0.4) is 0 Å². The number of rotatable bonds is 3. The van der Waals surface area contributed by atoms with Crippen LogP contribution < -0.4 is 0 Å². The van der Waals surface area contributed by atoms with Crippen LogP contribution in [0, 0.1) is 5.82 Å². The first kappa shape index (κ1) is 15.7. The highest BCUT2D eigenvalue weighted by molar-refractivity contribution is 7.17. The predicted molar refractivity (Wildman–Crippen MR) is 86.0 cm³/mol. The number of carbonyl (C=O) groups excluding carboxylic acids is 1. The van der Waals surface area contributed by atoms with Crippen molar-refractivity contribution in [2.24, 2.45) is 0 Å². The van der Waals surface area contributed by atoms with Crippen molar-refractivity contribution in [3.8, 4) is 10.4 Å². The standard InChI is InChI=1S/C17H16FNO3S/c18-12-6-4-11(5-7-12)14-8-9-15(23-14)16(20)19-10-2-1-3-13(19)17(21)22/h4-9,13H,1-3,10H2,(H,21,22). The zero-order valence-electron chi connectivity index (χ0n) is 12.4. The van der Waals surface area contributed by atoms with Crippen LogP contribution in [-0.4, -0.2) is 34.5 Å². The van der Waals surface area contributed by atoms with E-state index in [0.29, 0.717) is 17.8 Å². The highest BCUT2D eigenvalue weighted by Gasteiger charge is 2.33. The molecule has 1 aliphatic heterocycles. The van der Waals surface area contributed by atoms with Crippen molar-refractivity contribution in [1.29, 1.82) is 0 Å². The van der Waals surface area contributed by atoms with Crippen molar-refractivity contribution in [2.45, 2.75) is 25.3 Å². The number of carboxylic acids is 1. The number of carbonyl (C=O) groups is 2. The Labute approximate surface area is 137 Å².